The van der Waals surface area contributed by atoms with Crippen LogP contribution in [-0.2, 0) is 19.7 Å². The number of piperidine rings is 1. The van der Waals surface area contributed by atoms with Crippen molar-refractivity contribution in [2.75, 3.05) is 45.7 Å². The van der Waals surface area contributed by atoms with E-state index in [1.165, 1.54) is 18.4 Å². The maximum atomic E-state index is 12.9. The van der Waals surface area contributed by atoms with Gasteiger partial charge in [-0.25, -0.2) is 0 Å². The van der Waals surface area contributed by atoms with Crippen molar-refractivity contribution in [1.82, 2.24) is 13.9 Å². The summed E-state index contributed by atoms with van der Waals surface area (Å²) >= 11 is 0. The molecule has 2 aliphatic heterocycles. The van der Waals surface area contributed by atoms with E-state index in [2.05, 4.69) is 10.6 Å². The fraction of sp³-hybridized carbons (Fsp3) is 0.600. The van der Waals surface area contributed by atoms with Crippen molar-refractivity contribution >= 4 is 27.7 Å². The SMILES string of the molecule is CN(C)S(=O)(=O)N1CCC[C@H](C(=O)Nc2ccccc2C(=O)NC[C@H]2CCCO2)C1. The lowest BCUT2D eigenvalue weighted by Crippen LogP contribution is -2.47. The number of carbonyl (C=O) groups is 2. The van der Waals surface area contributed by atoms with Crippen LogP contribution in [0, 0.1) is 5.92 Å². The summed E-state index contributed by atoms with van der Waals surface area (Å²) in [7, 11) is -0.612. The van der Waals surface area contributed by atoms with Crippen LogP contribution >= 0.6 is 0 Å². The van der Waals surface area contributed by atoms with Crippen LogP contribution in [0.4, 0.5) is 5.69 Å². The minimum absolute atomic E-state index is 0.0302. The molecule has 166 valence electrons. The number of anilines is 1. The Hall–Kier alpha value is -2.01. The molecule has 30 heavy (non-hydrogen) atoms. The van der Waals surface area contributed by atoms with Crippen molar-refractivity contribution in [3.63, 3.8) is 0 Å². The molecule has 2 aliphatic rings. The Labute approximate surface area is 177 Å². The molecular formula is C20H30N4O5S. The zero-order valence-corrected chi connectivity index (χ0v) is 18.3. The molecule has 0 spiro atoms. The molecule has 10 heteroatoms. The summed E-state index contributed by atoms with van der Waals surface area (Å²) in [6.07, 6.45) is 3.15. The molecule has 1 aromatic carbocycles. The molecule has 0 bridgehead atoms. The summed E-state index contributed by atoms with van der Waals surface area (Å²) in [5.41, 5.74) is 0.789. The Balaban J connectivity index is 1.64. The molecule has 3 rings (SSSR count). The predicted molar refractivity (Wildman–Crippen MR) is 113 cm³/mol. The lowest BCUT2D eigenvalue weighted by molar-refractivity contribution is -0.120. The van der Waals surface area contributed by atoms with Gasteiger partial charge in [-0.1, -0.05) is 12.1 Å². The number of para-hydroxylation sites is 1. The minimum atomic E-state index is -3.57. The van der Waals surface area contributed by atoms with E-state index in [0.717, 1.165) is 23.8 Å². The molecule has 2 fully saturated rings. The molecule has 1 aromatic rings. The molecule has 2 saturated heterocycles. The van der Waals surface area contributed by atoms with E-state index in [-0.39, 0.29) is 24.5 Å². The highest BCUT2D eigenvalue weighted by molar-refractivity contribution is 7.86. The highest BCUT2D eigenvalue weighted by Gasteiger charge is 2.33. The molecule has 2 N–H and O–H groups in total. The van der Waals surface area contributed by atoms with Crippen LogP contribution in [0.5, 0.6) is 0 Å². The van der Waals surface area contributed by atoms with Gasteiger partial charge >= 0.3 is 0 Å². The molecule has 0 saturated carbocycles. The van der Waals surface area contributed by atoms with E-state index in [1.54, 1.807) is 24.3 Å². The summed E-state index contributed by atoms with van der Waals surface area (Å²) in [6, 6.07) is 6.82. The average molecular weight is 439 g/mol. The maximum absolute atomic E-state index is 12.9. The van der Waals surface area contributed by atoms with Gasteiger partial charge in [-0.2, -0.15) is 17.0 Å². The molecule has 0 radical (unpaired) electrons. The highest BCUT2D eigenvalue weighted by Crippen LogP contribution is 2.23. The maximum Gasteiger partial charge on any atom is 0.281 e. The van der Waals surface area contributed by atoms with E-state index >= 15 is 0 Å². The first-order valence-corrected chi connectivity index (χ1v) is 11.7. The number of nitrogens with one attached hydrogen (secondary N) is 2. The second-order valence-electron chi connectivity index (χ2n) is 7.87. The topological polar surface area (TPSA) is 108 Å². The van der Waals surface area contributed by atoms with Gasteiger partial charge in [0.1, 0.15) is 0 Å². The zero-order chi connectivity index (χ0) is 21.7. The van der Waals surface area contributed by atoms with Gasteiger partial charge in [-0.15, -0.1) is 0 Å². The smallest absolute Gasteiger partial charge is 0.281 e. The quantitative estimate of drug-likeness (QED) is 0.662. The van der Waals surface area contributed by atoms with E-state index in [4.69, 9.17) is 4.74 Å². The van der Waals surface area contributed by atoms with E-state index < -0.39 is 16.1 Å². The monoisotopic (exact) mass is 438 g/mol. The summed E-state index contributed by atoms with van der Waals surface area (Å²) in [5.74, 6) is -1.04. The van der Waals surface area contributed by atoms with Gasteiger partial charge in [0.05, 0.1) is 23.3 Å². The lowest BCUT2D eigenvalue weighted by Gasteiger charge is -2.32. The number of hydrogen-bond donors (Lipinski definition) is 2. The van der Waals surface area contributed by atoms with Gasteiger partial charge in [0.15, 0.2) is 0 Å². The van der Waals surface area contributed by atoms with Crippen molar-refractivity contribution in [3.05, 3.63) is 29.8 Å². The van der Waals surface area contributed by atoms with Crippen molar-refractivity contribution < 1.29 is 22.7 Å². The fourth-order valence-electron chi connectivity index (χ4n) is 3.73. The number of nitrogens with zero attached hydrogens (tertiary/aromatic N) is 2. The molecule has 2 atom stereocenters. The van der Waals surface area contributed by atoms with Gasteiger partial charge in [-0.05, 0) is 37.8 Å². The number of benzene rings is 1. The Bertz CT molecular complexity index is 868. The largest absolute Gasteiger partial charge is 0.376 e. The van der Waals surface area contributed by atoms with E-state index in [0.29, 0.717) is 37.2 Å². The van der Waals surface area contributed by atoms with Crippen LogP contribution in [0.3, 0.4) is 0 Å². The Kier molecular flexibility index (Phi) is 7.45. The Morgan fingerprint density at radius 2 is 1.97 bits per heavy atom. The first kappa shape index (κ1) is 22.7. The van der Waals surface area contributed by atoms with Crippen LogP contribution < -0.4 is 10.6 Å². The first-order valence-electron chi connectivity index (χ1n) is 10.3. The first-order chi connectivity index (χ1) is 14.3. The summed E-state index contributed by atoms with van der Waals surface area (Å²) < 4.78 is 32.8. The normalized spacial score (nSPS) is 22.8. The van der Waals surface area contributed by atoms with Gasteiger partial charge in [-0.3, -0.25) is 9.59 Å². The van der Waals surface area contributed by atoms with E-state index in [9.17, 15) is 18.0 Å². The Morgan fingerprint density at radius 3 is 2.67 bits per heavy atom. The predicted octanol–water partition coefficient (Wildman–Crippen LogP) is 1.05. The Morgan fingerprint density at radius 1 is 1.20 bits per heavy atom. The van der Waals surface area contributed by atoms with Gasteiger partial charge in [0, 0.05) is 40.3 Å². The third kappa shape index (κ3) is 5.37. The number of ether oxygens (including phenoxy) is 1. The van der Waals surface area contributed by atoms with E-state index in [1.807, 2.05) is 0 Å². The van der Waals surface area contributed by atoms with Crippen LogP contribution in [0.15, 0.2) is 24.3 Å². The molecule has 0 aromatic heterocycles. The van der Waals surface area contributed by atoms with Crippen molar-refractivity contribution in [2.45, 2.75) is 31.8 Å². The lowest BCUT2D eigenvalue weighted by atomic mass is 9.98. The standard InChI is InChI=1S/C20H30N4O5S/c1-23(2)30(27,28)24-11-5-7-15(14-24)19(25)22-18-10-4-3-9-17(18)20(26)21-13-16-8-6-12-29-16/h3-4,9-10,15-16H,5-8,11-14H2,1-2H3,(H,21,26)(H,22,25)/t15-,16+/m0/s1. The van der Waals surface area contributed by atoms with Gasteiger partial charge in [0.25, 0.3) is 16.1 Å². The summed E-state index contributed by atoms with van der Waals surface area (Å²) in [5, 5.41) is 5.69. The molecule has 0 aliphatic carbocycles. The zero-order valence-electron chi connectivity index (χ0n) is 17.5. The molecular weight excluding hydrogens is 408 g/mol. The molecule has 9 nitrogen and oxygen atoms in total. The van der Waals surface area contributed by atoms with Crippen LogP contribution in [0.25, 0.3) is 0 Å². The van der Waals surface area contributed by atoms with Crippen LogP contribution in [0.1, 0.15) is 36.0 Å². The molecule has 2 amide bonds. The molecule has 2 heterocycles. The van der Waals surface area contributed by atoms with Crippen molar-refractivity contribution in [1.29, 1.82) is 0 Å². The number of carbonyl (C=O) groups excluding carboxylic acids is 2. The van der Waals surface area contributed by atoms with Crippen LogP contribution in [0.2, 0.25) is 0 Å². The summed E-state index contributed by atoms with van der Waals surface area (Å²) in [4.78, 5) is 25.5. The van der Waals surface area contributed by atoms with Crippen LogP contribution in [-0.4, -0.2) is 75.3 Å². The highest BCUT2D eigenvalue weighted by atomic mass is 32.2. The van der Waals surface area contributed by atoms with Crippen molar-refractivity contribution in [3.8, 4) is 0 Å². The minimum Gasteiger partial charge on any atom is -0.376 e. The molecule has 0 unspecified atom stereocenters. The second-order valence-corrected chi connectivity index (χ2v) is 10.0. The third-order valence-corrected chi connectivity index (χ3v) is 7.39. The number of rotatable bonds is 7. The van der Waals surface area contributed by atoms with Crippen molar-refractivity contribution in [2.24, 2.45) is 5.92 Å². The third-order valence-electron chi connectivity index (χ3n) is 5.49. The van der Waals surface area contributed by atoms with Gasteiger partial charge in [0.2, 0.25) is 5.91 Å². The number of hydrogen-bond acceptors (Lipinski definition) is 5. The van der Waals surface area contributed by atoms with Gasteiger partial charge < -0.3 is 15.4 Å². The number of amides is 2. The fourth-order valence-corrected chi connectivity index (χ4v) is 4.92. The summed E-state index contributed by atoms with van der Waals surface area (Å²) in [6.45, 7) is 1.67. The average Bonchev–Trinajstić information content (AvgIpc) is 3.26. The second kappa shape index (κ2) is 9.86.